The summed E-state index contributed by atoms with van der Waals surface area (Å²) in [5.74, 6) is -0.0448. The molecule has 1 aliphatic heterocycles. The van der Waals surface area contributed by atoms with Crippen LogP contribution in [0, 0.1) is 6.92 Å². The second kappa shape index (κ2) is 5.26. The van der Waals surface area contributed by atoms with Crippen LogP contribution in [0.3, 0.4) is 0 Å². The zero-order valence-corrected chi connectivity index (χ0v) is 12.6. The summed E-state index contributed by atoms with van der Waals surface area (Å²) in [6.07, 6.45) is 3.66. The molecule has 0 atom stereocenters. The number of nitrogens with zero attached hydrogens (tertiary/aromatic N) is 3. The zero-order chi connectivity index (χ0) is 14.1. The van der Waals surface area contributed by atoms with Crippen molar-refractivity contribution in [1.82, 2.24) is 14.9 Å². The Morgan fingerprint density at radius 1 is 1.50 bits per heavy atom. The molecule has 1 aliphatic rings. The maximum absolute atomic E-state index is 12.2. The molecule has 0 aromatic carbocycles. The van der Waals surface area contributed by atoms with Gasteiger partial charge >= 0.3 is 0 Å². The van der Waals surface area contributed by atoms with Crippen molar-refractivity contribution in [3.8, 4) is 0 Å². The van der Waals surface area contributed by atoms with E-state index >= 15 is 0 Å². The average Bonchev–Trinajstić information content (AvgIpc) is 3.11. The quantitative estimate of drug-likeness (QED) is 0.868. The van der Waals surface area contributed by atoms with Gasteiger partial charge in [-0.15, -0.1) is 11.3 Å². The topological polar surface area (TPSA) is 61.4 Å². The number of amides is 1. The van der Waals surface area contributed by atoms with Gasteiger partial charge in [-0.1, -0.05) is 0 Å². The molecule has 0 radical (unpaired) electrons. The Labute approximate surface area is 124 Å². The largest absolute Gasteiger partial charge is 0.362 e. The van der Waals surface area contributed by atoms with Crippen molar-refractivity contribution in [1.29, 1.82) is 0 Å². The fourth-order valence-electron chi connectivity index (χ4n) is 1.70. The highest BCUT2D eigenvalue weighted by Gasteiger charge is 2.30. The Hall–Kier alpha value is -1.86. The van der Waals surface area contributed by atoms with Gasteiger partial charge in [0.1, 0.15) is 0 Å². The van der Waals surface area contributed by atoms with Crippen LogP contribution in [0.4, 0.5) is 5.13 Å². The molecular weight excluding hydrogens is 292 g/mol. The summed E-state index contributed by atoms with van der Waals surface area (Å²) < 4.78 is 0. The van der Waals surface area contributed by atoms with Gasteiger partial charge in [0.2, 0.25) is 5.13 Å². The number of rotatable bonds is 2. The molecule has 3 heterocycles. The summed E-state index contributed by atoms with van der Waals surface area (Å²) in [5, 5.41) is 3.27. The van der Waals surface area contributed by atoms with Gasteiger partial charge in [0.05, 0.1) is 10.6 Å². The van der Waals surface area contributed by atoms with Crippen molar-refractivity contribution in [3.63, 3.8) is 0 Å². The summed E-state index contributed by atoms with van der Waals surface area (Å²) in [7, 11) is 1.73. The minimum absolute atomic E-state index is 0.0448. The minimum atomic E-state index is -0.0448. The Bertz CT molecular complexity index is 700. The number of aromatic amines is 1. The lowest BCUT2D eigenvalue weighted by atomic mass is 10.3. The summed E-state index contributed by atoms with van der Waals surface area (Å²) in [6, 6.07) is 3.81. The van der Waals surface area contributed by atoms with Crippen LogP contribution in [0.15, 0.2) is 33.6 Å². The Morgan fingerprint density at radius 3 is 3.00 bits per heavy atom. The first-order valence-electron chi connectivity index (χ1n) is 5.95. The van der Waals surface area contributed by atoms with Gasteiger partial charge in [-0.2, -0.15) is 4.99 Å². The van der Waals surface area contributed by atoms with Crippen molar-refractivity contribution in [2.45, 2.75) is 6.92 Å². The summed E-state index contributed by atoms with van der Waals surface area (Å²) >= 11 is 2.83. The number of carbonyl (C=O) groups is 1. The first-order valence-corrected chi connectivity index (χ1v) is 7.65. The van der Waals surface area contributed by atoms with Crippen LogP contribution < -0.4 is 0 Å². The van der Waals surface area contributed by atoms with Crippen LogP contribution in [-0.2, 0) is 4.79 Å². The lowest BCUT2D eigenvalue weighted by molar-refractivity contribution is -0.121. The molecule has 1 amide bonds. The number of hydrogen-bond acceptors (Lipinski definition) is 5. The van der Waals surface area contributed by atoms with E-state index in [9.17, 15) is 4.79 Å². The van der Waals surface area contributed by atoms with E-state index < -0.39 is 0 Å². The maximum atomic E-state index is 12.2. The van der Waals surface area contributed by atoms with Gasteiger partial charge < -0.3 is 4.98 Å². The molecule has 20 heavy (non-hydrogen) atoms. The van der Waals surface area contributed by atoms with Crippen LogP contribution >= 0.6 is 23.1 Å². The molecule has 0 aliphatic carbocycles. The number of H-pyrrole nitrogens is 1. The highest BCUT2D eigenvalue weighted by molar-refractivity contribution is 8.18. The zero-order valence-electron chi connectivity index (χ0n) is 11.0. The maximum Gasteiger partial charge on any atom is 0.266 e. The van der Waals surface area contributed by atoms with Crippen molar-refractivity contribution < 1.29 is 4.79 Å². The summed E-state index contributed by atoms with van der Waals surface area (Å²) in [6.45, 7) is 1.92. The van der Waals surface area contributed by atoms with Crippen molar-refractivity contribution in [2.75, 3.05) is 7.05 Å². The molecule has 5 nitrogen and oxygen atoms in total. The second-order valence-corrected chi connectivity index (χ2v) is 6.11. The first-order chi connectivity index (χ1) is 9.63. The number of likely N-dealkylation sites (N-methyl/N-ethyl adjacent to an activating group) is 1. The molecule has 102 valence electrons. The van der Waals surface area contributed by atoms with E-state index in [0.717, 1.165) is 11.4 Å². The number of aromatic nitrogens is 2. The third-order valence-electron chi connectivity index (χ3n) is 2.71. The molecule has 2 aromatic rings. The minimum Gasteiger partial charge on any atom is -0.362 e. The molecular formula is C13H12N4OS2. The number of hydrogen-bond donors (Lipinski definition) is 1. The van der Waals surface area contributed by atoms with E-state index in [1.54, 1.807) is 11.9 Å². The van der Waals surface area contributed by atoms with E-state index in [2.05, 4.69) is 15.0 Å². The van der Waals surface area contributed by atoms with Gasteiger partial charge in [-0.05, 0) is 36.9 Å². The van der Waals surface area contributed by atoms with E-state index in [-0.39, 0.29) is 5.91 Å². The van der Waals surface area contributed by atoms with E-state index in [0.29, 0.717) is 15.2 Å². The standard InChI is InChI=1S/C13H12N4OS2/c1-8-7-19-12(15-8)16-13-17(2)11(18)10(20-13)6-9-4-3-5-14-9/h3-7,14H,1-2H3/b10-6+,16-13+. The molecule has 2 aromatic heterocycles. The Morgan fingerprint density at radius 2 is 2.35 bits per heavy atom. The van der Waals surface area contributed by atoms with Crippen molar-refractivity contribution in [3.05, 3.63) is 40.0 Å². The molecule has 0 bridgehead atoms. The average molecular weight is 304 g/mol. The molecule has 0 saturated carbocycles. The number of aliphatic imine (C=N–C) groups is 1. The summed E-state index contributed by atoms with van der Waals surface area (Å²) in [4.78, 5) is 26.1. The number of thiazole rings is 1. The van der Waals surface area contributed by atoms with Crippen LogP contribution in [0.25, 0.3) is 6.08 Å². The highest BCUT2D eigenvalue weighted by Crippen LogP contribution is 2.33. The van der Waals surface area contributed by atoms with Gasteiger partial charge in [0, 0.05) is 24.3 Å². The van der Waals surface area contributed by atoms with Crippen LogP contribution in [0.2, 0.25) is 0 Å². The number of thioether (sulfide) groups is 1. The number of nitrogens with one attached hydrogen (secondary N) is 1. The smallest absolute Gasteiger partial charge is 0.266 e. The fraction of sp³-hybridized carbons (Fsp3) is 0.154. The molecule has 1 N–H and O–H groups in total. The third-order valence-corrected chi connectivity index (χ3v) is 4.62. The molecule has 1 saturated heterocycles. The lowest BCUT2D eigenvalue weighted by Gasteiger charge is -2.05. The van der Waals surface area contributed by atoms with Crippen molar-refractivity contribution in [2.24, 2.45) is 4.99 Å². The van der Waals surface area contributed by atoms with Crippen molar-refractivity contribution >= 4 is 45.4 Å². The number of amidine groups is 1. The van der Waals surface area contributed by atoms with Crippen LogP contribution in [0.5, 0.6) is 0 Å². The van der Waals surface area contributed by atoms with Gasteiger partial charge in [0.25, 0.3) is 5.91 Å². The number of carbonyl (C=O) groups excluding carboxylic acids is 1. The van der Waals surface area contributed by atoms with E-state index in [1.165, 1.54) is 23.1 Å². The Kier molecular flexibility index (Phi) is 3.45. The SMILES string of the molecule is Cc1csc(/N=C2/S/C(=C/c3ccc[nH]3)C(=O)N2C)n1. The number of aryl methyl sites for hydroxylation is 1. The molecule has 0 spiro atoms. The fourth-order valence-corrected chi connectivity index (χ4v) is 3.38. The van der Waals surface area contributed by atoms with E-state index in [4.69, 9.17) is 0 Å². The van der Waals surface area contributed by atoms with Gasteiger partial charge in [-0.3, -0.25) is 9.69 Å². The second-order valence-electron chi connectivity index (χ2n) is 4.27. The van der Waals surface area contributed by atoms with Crippen LogP contribution in [0.1, 0.15) is 11.4 Å². The molecule has 3 rings (SSSR count). The molecule has 0 unspecified atom stereocenters. The summed E-state index contributed by atoms with van der Waals surface area (Å²) in [5.41, 5.74) is 1.84. The normalized spacial score (nSPS) is 19.5. The monoisotopic (exact) mass is 304 g/mol. The lowest BCUT2D eigenvalue weighted by Crippen LogP contribution is -2.23. The predicted molar refractivity (Wildman–Crippen MR) is 83.1 cm³/mol. The van der Waals surface area contributed by atoms with Crippen LogP contribution in [-0.4, -0.2) is 33.0 Å². The molecule has 7 heteroatoms. The Balaban J connectivity index is 1.89. The van der Waals surface area contributed by atoms with Gasteiger partial charge in [0.15, 0.2) is 5.17 Å². The third kappa shape index (κ3) is 2.54. The molecule has 1 fully saturated rings. The highest BCUT2D eigenvalue weighted by atomic mass is 32.2. The first kappa shape index (κ1) is 13.1. The predicted octanol–water partition coefficient (Wildman–Crippen LogP) is 3.01. The van der Waals surface area contributed by atoms with E-state index in [1.807, 2.05) is 36.7 Å². The van der Waals surface area contributed by atoms with Gasteiger partial charge in [-0.25, -0.2) is 4.98 Å².